The van der Waals surface area contributed by atoms with Gasteiger partial charge in [0.2, 0.25) is 5.79 Å². The predicted octanol–water partition coefficient (Wildman–Crippen LogP) is 3.94. The van der Waals surface area contributed by atoms with Crippen LogP contribution in [0.1, 0.15) is 58.1 Å². The normalized spacial score (nSPS) is 40.3. The van der Waals surface area contributed by atoms with Gasteiger partial charge in [-0.2, -0.15) is 0 Å². The van der Waals surface area contributed by atoms with E-state index in [0.29, 0.717) is 24.8 Å². The highest BCUT2D eigenvalue weighted by molar-refractivity contribution is 5.73. The van der Waals surface area contributed by atoms with Crippen LogP contribution in [0.3, 0.4) is 0 Å². The molecule has 0 radical (unpaired) electrons. The van der Waals surface area contributed by atoms with Gasteiger partial charge in [0.15, 0.2) is 0 Å². The van der Waals surface area contributed by atoms with Crippen LogP contribution in [0.5, 0.6) is 0 Å². The van der Waals surface area contributed by atoms with Crippen LogP contribution in [0.25, 0.3) is 0 Å². The summed E-state index contributed by atoms with van der Waals surface area (Å²) in [6.07, 6.45) is 2.23. The molecule has 1 aromatic rings. The second-order valence-electron chi connectivity index (χ2n) is 10.5. The Morgan fingerprint density at radius 1 is 1.03 bits per heavy atom. The SMILES string of the molecule is CO[C@H]1CCCC[C@@H](c2cccc(F)c2)OC(=O)[C@@H](C)[C@@]2(O)O[C@H]([C@@H](C)[C@H](O)[C@H]2OC)[C@@H](C)/C=C/[C@H]1OC. The van der Waals surface area contributed by atoms with Crippen molar-refractivity contribution in [3.8, 4) is 0 Å². The smallest absolute Gasteiger partial charge is 0.314 e. The maximum Gasteiger partial charge on any atom is 0.314 e. The van der Waals surface area contributed by atoms with E-state index in [1.807, 2.05) is 26.0 Å². The van der Waals surface area contributed by atoms with Gasteiger partial charge in [-0.3, -0.25) is 4.79 Å². The highest BCUT2D eigenvalue weighted by Crippen LogP contribution is 2.42. The third-order valence-corrected chi connectivity index (χ3v) is 8.08. The second-order valence-corrected chi connectivity index (χ2v) is 10.5. The zero-order valence-electron chi connectivity index (χ0n) is 23.2. The van der Waals surface area contributed by atoms with Crippen LogP contribution in [0, 0.1) is 23.6 Å². The largest absolute Gasteiger partial charge is 0.457 e. The van der Waals surface area contributed by atoms with Crippen molar-refractivity contribution in [2.75, 3.05) is 21.3 Å². The summed E-state index contributed by atoms with van der Waals surface area (Å²) in [6.45, 7) is 5.22. The van der Waals surface area contributed by atoms with Gasteiger partial charge in [0.05, 0.1) is 18.3 Å². The summed E-state index contributed by atoms with van der Waals surface area (Å²) in [5, 5.41) is 22.9. The lowest BCUT2D eigenvalue weighted by Crippen LogP contribution is -2.66. The number of fused-ring (bicyclic) bond motifs is 2. The van der Waals surface area contributed by atoms with Gasteiger partial charge in [-0.1, -0.05) is 44.6 Å². The Morgan fingerprint density at radius 3 is 2.37 bits per heavy atom. The molecule has 214 valence electrons. The van der Waals surface area contributed by atoms with Crippen molar-refractivity contribution in [3.63, 3.8) is 0 Å². The molecule has 1 aromatic carbocycles. The summed E-state index contributed by atoms with van der Waals surface area (Å²) in [7, 11) is 4.61. The number of rotatable bonds is 4. The monoisotopic (exact) mass is 538 g/mol. The molecule has 9 heteroatoms. The fourth-order valence-corrected chi connectivity index (χ4v) is 5.60. The number of esters is 1. The van der Waals surface area contributed by atoms with Crippen LogP contribution in [-0.2, 0) is 28.5 Å². The van der Waals surface area contributed by atoms with Crippen LogP contribution in [0.4, 0.5) is 4.39 Å². The predicted molar refractivity (Wildman–Crippen MR) is 139 cm³/mol. The first-order valence-electron chi connectivity index (χ1n) is 13.4. The van der Waals surface area contributed by atoms with Gasteiger partial charge in [-0.05, 0) is 43.9 Å². The van der Waals surface area contributed by atoms with Crippen LogP contribution in [0.2, 0.25) is 0 Å². The van der Waals surface area contributed by atoms with E-state index in [4.69, 9.17) is 23.7 Å². The molecule has 8 nitrogen and oxygen atoms in total. The standard InChI is InChI=1S/C29H43FO8/c1-17-14-15-24(35-5)23(34-4)13-8-7-12-22(20-10-9-11-21(30)16-20)37-28(32)19(3)29(33)27(36-6)25(31)18(2)26(17)38-29/h9-11,14-19,22-27,31,33H,7-8,12-13H2,1-6H3/b15-14+/t17-,18-,19+,22-,23-,24+,25-,26-,27+,29+/m0/s1. The number of ether oxygens (including phenoxy) is 5. The van der Waals surface area contributed by atoms with Crippen molar-refractivity contribution >= 4 is 5.97 Å². The van der Waals surface area contributed by atoms with E-state index in [2.05, 4.69) is 0 Å². The number of hydrogen-bond acceptors (Lipinski definition) is 8. The van der Waals surface area contributed by atoms with Gasteiger partial charge in [0, 0.05) is 33.2 Å². The fourth-order valence-electron chi connectivity index (χ4n) is 5.60. The first-order valence-corrected chi connectivity index (χ1v) is 13.4. The number of methoxy groups -OCH3 is 3. The van der Waals surface area contributed by atoms with E-state index in [1.54, 1.807) is 26.4 Å². The molecule has 2 N–H and O–H groups in total. The van der Waals surface area contributed by atoms with Crippen molar-refractivity contribution in [2.45, 2.75) is 88.9 Å². The van der Waals surface area contributed by atoms with Crippen LogP contribution in [-0.4, -0.2) is 73.8 Å². The molecule has 0 spiro atoms. The molecule has 2 heterocycles. The lowest BCUT2D eigenvalue weighted by atomic mass is 9.78. The third kappa shape index (κ3) is 6.63. The minimum Gasteiger partial charge on any atom is -0.457 e. The molecule has 3 rings (SSSR count). The van der Waals surface area contributed by atoms with Gasteiger partial charge in [-0.15, -0.1) is 0 Å². The first-order chi connectivity index (χ1) is 18.1. The Bertz CT molecular complexity index is 941. The third-order valence-electron chi connectivity index (χ3n) is 8.08. The number of halogens is 1. The maximum absolute atomic E-state index is 14.1. The van der Waals surface area contributed by atoms with E-state index in [0.717, 1.165) is 6.42 Å². The maximum atomic E-state index is 14.1. The lowest BCUT2D eigenvalue weighted by molar-refractivity contribution is -0.360. The van der Waals surface area contributed by atoms with Gasteiger partial charge < -0.3 is 33.9 Å². The highest BCUT2D eigenvalue weighted by atomic mass is 19.1. The Balaban J connectivity index is 2.02. The first kappa shape index (κ1) is 30.7. The van der Waals surface area contributed by atoms with E-state index in [-0.39, 0.29) is 18.1 Å². The van der Waals surface area contributed by atoms with Gasteiger partial charge in [0.25, 0.3) is 0 Å². The molecular formula is C29H43FO8. The zero-order chi connectivity index (χ0) is 28.0. The molecule has 38 heavy (non-hydrogen) atoms. The Labute approximate surface area is 225 Å². The average Bonchev–Trinajstić information content (AvgIpc) is 2.90. The Morgan fingerprint density at radius 2 is 1.74 bits per heavy atom. The lowest BCUT2D eigenvalue weighted by Gasteiger charge is -2.51. The summed E-state index contributed by atoms with van der Waals surface area (Å²) < 4.78 is 43.1. The Hall–Kier alpha value is -1.88. The van der Waals surface area contributed by atoms with E-state index < -0.39 is 53.8 Å². The zero-order valence-corrected chi connectivity index (χ0v) is 23.2. The number of benzene rings is 1. The van der Waals surface area contributed by atoms with Crippen molar-refractivity contribution in [1.82, 2.24) is 0 Å². The van der Waals surface area contributed by atoms with E-state index >= 15 is 0 Å². The number of carbonyl (C=O) groups is 1. The number of aliphatic hydroxyl groups is 2. The molecular weight excluding hydrogens is 495 g/mol. The van der Waals surface area contributed by atoms with Crippen molar-refractivity contribution in [3.05, 3.63) is 47.8 Å². The molecule has 0 saturated carbocycles. The molecule has 1 fully saturated rings. The Kier molecular flexibility index (Phi) is 10.9. The minimum atomic E-state index is -2.16. The summed E-state index contributed by atoms with van der Waals surface area (Å²) in [5.41, 5.74) is 0.521. The van der Waals surface area contributed by atoms with Crippen molar-refractivity contribution in [2.24, 2.45) is 17.8 Å². The molecule has 2 aliphatic heterocycles. The number of cyclic esters (lactones) is 1. The molecule has 10 atom stereocenters. The molecule has 0 unspecified atom stereocenters. The summed E-state index contributed by atoms with van der Waals surface area (Å²) in [6, 6.07) is 5.95. The van der Waals surface area contributed by atoms with E-state index in [9.17, 15) is 19.4 Å². The van der Waals surface area contributed by atoms with Gasteiger partial charge in [-0.25, -0.2) is 4.39 Å². The topological polar surface area (TPSA) is 104 Å². The van der Waals surface area contributed by atoms with E-state index in [1.165, 1.54) is 26.2 Å². The van der Waals surface area contributed by atoms with Crippen molar-refractivity contribution < 1.29 is 43.1 Å². The van der Waals surface area contributed by atoms with Crippen LogP contribution >= 0.6 is 0 Å². The molecule has 0 aromatic heterocycles. The highest BCUT2D eigenvalue weighted by Gasteiger charge is 2.58. The van der Waals surface area contributed by atoms with Crippen LogP contribution in [0.15, 0.2) is 36.4 Å². The molecule has 2 bridgehead atoms. The molecule has 1 saturated heterocycles. The minimum absolute atomic E-state index is 0.211. The van der Waals surface area contributed by atoms with Crippen LogP contribution < -0.4 is 0 Å². The summed E-state index contributed by atoms with van der Waals surface area (Å²) >= 11 is 0. The number of carbonyl (C=O) groups excluding carboxylic acids is 1. The quantitative estimate of drug-likeness (QED) is 0.439. The summed E-state index contributed by atoms with van der Waals surface area (Å²) in [5.74, 6) is -5.20. The molecule has 2 aliphatic rings. The number of hydrogen-bond donors (Lipinski definition) is 2. The van der Waals surface area contributed by atoms with Gasteiger partial charge in [0.1, 0.15) is 30.0 Å². The summed E-state index contributed by atoms with van der Waals surface area (Å²) in [4.78, 5) is 13.4. The fraction of sp³-hybridized carbons (Fsp3) is 0.690. The van der Waals surface area contributed by atoms with Gasteiger partial charge >= 0.3 is 5.97 Å². The number of aliphatic hydroxyl groups excluding tert-OH is 1. The second kappa shape index (κ2) is 13.5. The molecule has 0 aliphatic carbocycles. The molecule has 0 amide bonds. The average molecular weight is 539 g/mol. The van der Waals surface area contributed by atoms with Crippen molar-refractivity contribution in [1.29, 1.82) is 0 Å².